The highest BCUT2D eigenvalue weighted by Gasteiger charge is 2.18. The van der Waals surface area contributed by atoms with Crippen LogP contribution < -0.4 is 5.32 Å². The highest BCUT2D eigenvalue weighted by atomic mass is 35.5. The summed E-state index contributed by atoms with van der Waals surface area (Å²) >= 11 is 6.14. The van der Waals surface area contributed by atoms with Gasteiger partial charge in [0.15, 0.2) is 0 Å². The quantitative estimate of drug-likeness (QED) is 0.909. The van der Waals surface area contributed by atoms with Gasteiger partial charge in [0.05, 0.1) is 29.9 Å². The second-order valence-electron chi connectivity index (χ2n) is 5.13. The molecule has 1 N–H and O–H groups in total. The van der Waals surface area contributed by atoms with Gasteiger partial charge in [0.2, 0.25) is 0 Å². The first-order chi connectivity index (χ1) is 9.58. The zero-order chi connectivity index (χ0) is 14.5. The Labute approximate surface area is 124 Å². The van der Waals surface area contributed by atoms with Gasteiger partial charge in [0.25, 0.3) is 5.91 Å². The van der Waals surface area contributed by atoms with E-state index in [1.54, 1.807) is 6.07 Å². The Morgan fingerprint density at radius 2 is 2.40 bits per heavy atom. The summed E-state index contributed by atoms with van der Waals surface area (Å²) in [5.74, 6) is -0.169. The van der Waals surface area contributed by atoms with Crippen LogP contribution >= 0.6 is 11.6 Å². The number of amides is 1. The number of hydrogen-bond acceptors (Lipinski definition) is 3. The normalized spacial score (nSPS) is 19.9. The highest BCUT2D eigenvalue weighted by Crippen LogP contribution is 2.20. The van der Waals surface area contributed by atoms with Crippen LogP contribution in [0.25, 0.3) is 0 Å². The summed E-state index contributed by atoms with van der Waals surface area (Å²) in [5.41, 5.74) is 1.40. The molecule has 2 rings (SSSR count). The molecule has 0 aromatic heterocycles. The maximum Gasteiger partial charge on any atom is 0.253 e. The predicted octanol–water partition coefficient (Wildman–Crippen LogP) is 2.57. The molecule has 0 aliphatic carbocycles. The molecule has 1 fully saturated rings. The van der Waals surface area contributed by atoms with E-state index in [0.717, 1.165) is 18.6 Å². The first-order valence-electron chi connectivity index (χ1n) is 6.83. The molecule has 5 heteroatoms. The molecule has 4 nitrogen and oxygen atoms in total. The number of carbonyl (C=O) groups excluding carboxylic acids is 1. The van der Waals surface area contributed by atoms with Crippen LogP contribution in [0.15, 0.2) is 18.2 Å². The third kappa shape index (κ3) is 3.95. The average molecular weight is 298 g/mol. The fourth-order valence-corrected chi connectivity index (χ4v) is 2.30. The number of ether oxygens (including phenoxy) is 2. The van der Waals surface area contributed by atoms with Gasteiger partial charge in [-0.1, -0.05) is 23.7 Å². The molecule has 20 heavy (non-hydrogen) atoms. The van der Waals surface area contributed by atoms with Crippen LogP contribution in [0.1, 0.15) is 29.3 Å². The summed E-state index contributed by atoms with van der Waals surface area (Å²) in [6.07, 6.45) is 1.07. The molecule has 1 aliphatic rings. The third-order valence-corrected chi connectivity index (χ3v) is 3.79. The van der Waals surface area contributed by atoms with Crippen molar-refractivity contribution in [3.63, 3.8) is 0 Å². The molecule has 1 aliphatic heterocycles. The molecule has 110 valence electrons. The monoisotopic (exact) mass is 297 g/mol. The first kappa shape index (κ1) is 15.3. The van der Waals surface area contributed by atoms with Crippen LogP contribution in [0.4, 0.5) is 0 Å². The highest BCUT2D eigenvalue weighted by molar-refractivity contribution is 6.34. The maximum absolute atomic E-state index is 12.1. The van der Waals surface area contributed by atoms with E-state index in [1.807, 2.05) is 26.0 Å². The van der Waals surface area contributed by atoms with Gasteiger partial charge >= 0.3 is 0 Å². The maximum atomic E-state index is 12.1. The van der Waals surface area contributed by atoms with Crippen LogP contribution in [-0.2, 0) is 9.47 Å². The SMILES string of the molecule is Cc1cccc(C(=O)N[C@@H](C)CO[C@H]2CCOC2)c1Cl. The molecule has 0 bridgehead atoms. The van der Waals surface area contributed by atoms with Crippen LogP contribution in [0.5, 0.6) is 0 Å². The van der Waals surface area contributed by atoms with Crippen molar-refractivity contribution in [1.29, 1.82) is 0 Å². The lowest BCUT2D eigenvalue weighted by molar-refractivity contribution is 0.0318. The molecule has 1 amide bonds. The molecule has 0 saturated carbocycles. The smallest absolute Gasteiger partial charge is 0.253 e. The van der Waals surface area contributed by atoms with Crippen molar-refractivity contribution in [2.45, 2.75) is 32.4 Å². The van der Waals surface area contributed by atoms with Gasteiger partial charge < -0.3 is 14.8 Å². The van der Waals surface area contributed by atoms with Crippen molar-refractivity contribution in [2.24, 2.45) is 0 Å². The van der Waals surface area contributed by atoms with E-state index >= 15 is 0 Å². The topological polar surface area (TPSA) is 47.6 Å². The van der Waals surface area contributed by atoms with Crippen LogP contribution in [-0.4, -0.2) is 37.9 Å². The molecule has 1 saturated heterocycles. The van der Waals surface area contributed by atoms with Crippen molar-refractivity contribution in [3.05, 3.63) is 34.3 Å². The first-order valence-corrected chi connectivity index (χ1v) is 7.21. The van der Waals surface area contributed by atoms with E-state index in [9.17, 15) is 4.79 Å². The fraction of sp³-hybridized carbons (Fsp3) is 0.533. The van der Waals surface area contributed by atoms with E-state index in [1.165, 1.54) is 0 Å². The van der Waals surface area contributed by atoms with Gasteiger partial charge in [0.1, 0.15) is 0 Å². The number of rotatable bonds is 5. The number of halogens is 1. The number of benzene rings is 1. The predicted molar refractivity (Wildman–Crippen MR) is 78.3 cm³/mol. The van der Waals surface area contributed by atoms with Crippen molar-refractivity contribution >= 4 is 17.5 Å². The second kappa shape index (κ2) is 7.07. The largest absolute Gasteiger partial charge is 0.379 e. The van der Waals surface area contributed by atoms with Crippen molar-refractivity contribution in [3.8, 4) is 0 Å². The molecule has 0 radical (unpaired) electrons. The summed E-state index contributed by atoms with van der Waals surface area (Å²) in [6.45, 7) is 5.67. The standard InChI is InChI=1S/C15H20ClNO3/c1-10-4-3-5-13(14(10)16)15(18)17-11(2)8-20-12-6-7-19-9-12/h3-5,11-12H,6-9H2,1-2H3,(H,17,18)/t11-,12-/m0/s1. The Hall–Kier alpha value is -1.10. The van der Waals surface area contributed by atoms with Crippen LogP contribution in [0.2, 0.25) is 5.02 Å². The Morgan fingerprint density at radius 1 is 1.60 bits per heavy atom. The zero-order valence-electron chi connectivity index (χ0n) is 11.8. The van der Waals surface area contributed by atoms with E-state index < -0.39 is 0 Å². The lowest BCUT2D eigenvalue weighted by Crippen LogP contribution is -2.37. The molecular weight excluding hydrogens is 278 g/mol. The molecule has 1 heterocycles. The summed E-state index contributed by atoms with van der Waals surface area (Å²) in [5, 5.41) is 3.40. The number of hydrogen-bond donors (Lipinski definition) is 1. The molecule has 1 aromatic rings. The van der Waals surface area contributed by atoms with Crippen molar-refractivity contribution < 1.29 is 14.3 Å². The second-order valence-corrected chi connectivity index (χ2v) is 5.51. The Bertz CT molecular complexity index is 472. The zero-order valence-corrected chi connectivity index (χ0v) is 12.6. The number of aryl methyl sites for hydroxylation is 1. The van der Waals surface area contributed by atoms with E-state index in [4.69, 9.17) is 21.1 Å². The molecule has 1 aromatic carbocycles. The van der Waals surface area contributed by atoms with E-state index in [2.05, 4.69) is 5.32 Å². The summed E-state index contributed by atoms with van der Waals surface area (Å²) in [4.78, 5) is 12.1. The molecular formula is C15H20ClNO3. The average Bonchev–Trinajstić information content (AvgIpc) is 2.92. The Balaban J connectivity index is 1.85. The lowest BCUT2D eigenvalue weighted by Gasteiger charge is -2.17. The lowest BCUT2D eigenvalue weighted by atomic mass is 10.1. The third-order valence-electron chi connectivity index (χ3n) is 3.28. The molecule has 0 unspecified atom stereocenters. The molecule has 0 spiro atoms. The Kier molecular flexibility index (Phi) is 5.40. The minimum absolute atomic E-state index is 0.0697. The fourth-order valence-electron chi connectivity index (χ4n) is 2.09. The number of nitrogens with one attached hydrogen (secondary N) is 1. The summed E-state index contributed by atoms with van der Waals surface area (Å²) in [6, 6.07) is 5.36. The summed E-state index contributed by atoms with van der Waals surface area (Å²) in [7, 11) is 0. The molecule has 2 atom stereocenters. The van der Waals surface area contributed by atoms with Gasteiger partial charge in [-0.2, -0.15) is 0 Å². The van der Waals surface area contributed by atoms with Crippen molar-refractivity contribution in [1.82, 2.24) is 5.32 Å². The van der Waals surface area contributed by atoms with Gasteiger partial charge in [-0.05, 0) is 31.9 Å². The van der Waals surface area contributed by atoms with Gasteiger partial charge in [-0.15, -0.1) is 0 Å². The Morgan fingerprint density at radius 3 is 3.10 bits per heavy atom. The minimum atomic E-state index is -0.169. The van der Waals surface area contributed by atoms with Crippen LogP contribution in [0, 0.1) is 6.92 Å². The van der Waals surface area contributed by atoms with E-state index in [-0.39, 0.29) is 18.1 Å². The van der Waals surface area contributed by atoms with Crippen LogP contribution in [0.3, 0.4) is 0 Å². The van der Waals surface area contributed by atoms with Gasteiger partial charge in [-0.25, -0.2) is 0 Å². The van der Waals surface area contributed by atoms with Gasteiger partial charge in [-0.3, -0.25) is 4.79 Å². The minimum Gasteiger partial charge on any atom is -0.379 e. The number of carbonyl (C=O) groups is 1. The van der Waals surface area contributed by atoms with E-state index in [0.29, 0.717) is 23.8 Å². The summed E-state index contributed by atoms with van der Waals surface area (Å²) < 4.78 is 10.9. The van der Waals surface area contributed by atoms with Gasteiger partial charge in [0, 0.05) is 12.6 Å². The van der Waals surface area contributed by atoms with Crippen molar-refractivity contribution in [2.75, 3.05) is 19.8 Å².